The molecule has 2 N–H and O–H groups in total. The molecule has 0 aliphatic heterocycles. The molecule has 0 bridgehead atoms. The summed E-state index contributed by atoms with van der Waals surface area (Å²) in [5.74, 6) is 1.06. The Hall–Kier alpha value is -1.61. The van der Waals surface area contributed by atoms with E-state index in [2.05, 4.69) is 40.7 Å². The first kappa shape index (κ1) is 11.9. The van der Waals surface area contributed by atoms with Gasteiger partial charge in [-0.05, 0) is 31.9 Å². The molecule has 0 aliphatic rings. The van der Waals surface area contributed by atoms with Gasteiger partial charge < -0.3 is 10.3 Å². The van der Waals surface area contributed by atoms with Gasteiger partial charge in [-0.1, -0.05) is 24.3 Å². The third kappa shape index (κ3) is 2.74. The molecule has 1 heterocycles. The van der Waals surface area contributed by atoms with Crippen molar-refractivity contribution in [3.8, 4) is 11.4 Å². The largest absolute Gasteiger partial charge is 0.331 e. The minimum absolute atomic E-state index is 0.758. The highest BCUT2D eigenvalue weighted by molar-refractivity contribution is 5.60. The monoisotopic (exact) mass is 229 g/mol. The Bertz CT molecular complexity index is 474. The van der Waals surface area contributed by atoms with Crippen molar-refractivity contribution in [3.63, 3.8) is 0 Å². The highest BCUT2D eigenvalue weighted by atomic mass is 15.1. The van der Waals surface area contributed by atoms with Gasteiger partial charge >= 0.3 is 0 Å². The Morgan fingerprint density at radius 3 is 2.82 bits per heavy atom. The molecule has 2 aromatic rings. The number of hydrogen-bond acceptors (Lipinski definition) is 2. The lowest BCUT2D eigenvalue weighted by molar-refractivity contribution is 0.619. The summed E-state index contributed by atoms with van der Waals surface area (Å²) in [4.78, 5) is 4.46. The highest BCUT2D eigenvalue weighted by Crippen LogP contribution is 2.21. The molecule has 3 heteroatoms. The molecule has 0 amide bonds. The van der Waals surface area contributed by atoms with Crippen LogP contribution >= 0.6 is 0 Å². The van der Waals surface area contributed by atoms with E-state index in [4.69, 9.17) is 5.73 Å². The van der Waals surface area contributed by atoms with Crippen LogP contribution in [0.5, 0.6) is 0 Å². The van der Waals surface area contributed by atoms with Gasteiger partial charge in [0, 0.05) is 24.5 Å². The fraction of sp³-hybridized carbons (Fsp3) is 0.357. The van der Waals surface area contributed by atoms with E-state index >= 15 is 0 Å². The molecule has 90 valence electrons. The lowest BCUT2D eigenvalue weighted by Crippen LogP contribution is -2.04. The Morgan fingerprint density at radius 1 is 1.24 bits per heavy atom. The molecule has 0 saturated carbocycles. The van der Waals surface area contributed by atoms with Crippen molar-refractivity contribution >= 4 is 0 Å². The summed E-state index contributed by atoms with van der Waals surface area (Å²) in [5.41, 5.74) is 7.99. The minimum Gasteiger partial charge on any atom is -0.331 e. The topological polar surface area (TPSA) is 43.8 Å². The molecular formula is C14H19N3. The number of hydrogen-bond donors (Lipinski definition) is 1. The van der Waals surface area contributed by atoms with Crippen LogP contribution in [0, 0.1) is 6.92 Å². The number of unbranched alkanes of at least 4 members (excludes halogenated alkanes) is 1. The average molecular weight is 229 g/mol. The van der Waals surface area contributed by atoms with E-state index in [9.17, 15) is 0 Å². The second-order valence-electron chi connectivity index (χ2n) is 4.25. The minimum atomic E-state index is 0.758. The SMILES string of the molecule is Cc1ccccc1-c1nccn1CCCCN. The van der Waals surface area contributed by atoms with Crippen molar-refractivity contribution in [1.82, 2.24) is 9.55 Å². The Morgan fingerprint density at radius 2 is 2.06 bits per heavy atom. The second kappa shape index (κ2) is 5.64. The Kier molecular flexibility index (Phi) is 3.94. The first-order chi connectivity index (χ1) is 8.33. The first-order valence-electron chi connectivity index (χ1n) is 6.10. The zero-order valence-corrected chi connectivity index (χ0v) is 10.3. The molecule has 0 radical (unpaired) electrons. The van der Waals surface area contributed by atoms with Crippen LogP contribution in [0.3, 0.4) is 0 Å². The standard InChI is InChI=1S/C14H19N3/c1-12-6-2-3-7-13(12)14-16-9-11-17(14)10-5-4-8-15/h2-3,6-7,9,11H,4-5,8,10,15H2,1H3. The molecule has 0 spiro atoms. The van der Waals surface area contributed by atoms with Crippen LogP contribution in [0.15, 0.2) is 36.7 Å². The third-order valence-corrected chi connectivity index (χ3v) is 2.95. The van der Waals surface area contributed by atoms with Gasteiger partial charge in [-0.15, -0.1) is 0 Å². The molecule has 0 fully saturated rings. The van der Waals surface area contributed by atoms with E-state index in [1.54, 1.807) is 0 Å². The summed E-state index contributed by atoms with van der Waals surface area (Å²) in [6.45, 7) is 3.86. The van der Waals surface area contributed by atoms with E-state index in [1.807, 2.05) is 12.4 Å². The zero-order chi connectivity index (χ0) is 12.1. The van der Waals surface area contributed by atoms with E-state index in [0.29, 0.717) is 0 Å². The summed E-state index contributed by atoms with van der Waals surface area (Å²) < 4.78 is 2.21. The molecule has 0 saturated heterocycles. The molecular weight excluding hydrogens is 210 g/mol. The van der Waals surface area contributed by atoms with Crippen molar-refractivity contribution in [2.75, 3.05) is 6.54 Å². The normalized spacial score (nSPS) is 10.7. The number of nitrogens with two attached hydrogens (primary N) is 1. The third-order valence-electron chi connectivity index (χ3n) is 2.95. The number of aryl methyl sites for hydroxylation is 2. The first-order valence-corrected chi connectivity index (χ1v) is 6.10. The molecule has 0 atom stereocenters. The van der Waals surface area contributed by atoms with E-state index in [1.165, 1.54) is 11.1 Å². The van der Waals surface area contributed by atoms with Crippen LogP contribution in [-0.4, -0.2) is 16.1 Å². The van der Waals surface area contributed by atoms with Gasteiger partial charge in [-0.3, -0.25) is 0 Å². The summed E-state index contributed by atoms with van der Waals surface area (Å²) in [5, 5.41) is 0. The van der Waals surface area contributed by atoms with Crippen molar-refractivity contribution in [2.45, 2.75) is 26.3 Å². The maximum Gasteiger partial charge on any atom is 0.140 e. The van der Waals surface area contributed by atoms with Crippen LogP contribution in [0.4, 0.5) is 0 Å². The van der Waals surface area contributed by atoms with E-state index in [-0.39, 0.29) is 0 Å². The number of rotatable bonds is 5. The van der Waals surface area contributed by atoms with Gasteiger partial charge in [-0.2, -0.15) is 0 Å². The van der Waals surface area contributed by atoms with E-state index < -0.39 is 0 Å². The smallest absolute Gasteiger partial charge is 0.140 e. The number of imidazole rings is 1. The van der Waals surface area contributed by atoms with Crippen LogP contribution in [0.25, 0.3) is 11.4 Å². The summed E-state index contributed by atoms with van der Waals surface area (Å²) in [6, 6.07) is 8.35. The lowest BCUT2D eigenvalue weighted by Gasteiger charge is -2.09. The van der Waals surface area contributed by atoms with Crippen LogP contribution in [0.2, 0.25) is 0 Å². The maximum atomic E-state index is 5.52. The van der Waals surface area contributed by atoms with Gasteiger partial charge in [0.25, 0.3) is 0 Å². The van der Waals surface area contributed by atoms with Gasteiger partial charge in [0.1, 0.15) is 5.82 Å². The molecule has 17 heavy (non-hydrogen) atoms. The van der Waals surface area contributed by atoms with Gasteiger partial charge in [0.15, 0.2) is 0 Å². The molecule has 2 rings (SSSR count). The van der Waals surface area contributed by atoms with Crippen LogP contribution in [0.1, 0.15) is 18.4 Å². The molecule has 3 nitrogen and oxygen atoms in total. The van der Waals surface area contributed by atoms with Gasteiger partial charge in [0.2, 0.25) is 0 Å². The maximum absolute atomic E-state index is 5.52. The summed E-state index contributed by atoms with van der Waals surface area (Å²) in [6.07, 6.45) is 6.07. The zero-order valence-electron chi connectivity index (χ0n) is 10.3. The average Bonchev–Trinajstić information content (AvgIpc) is 2.78. The van der Waals surface area contributed by atoms with Crippen LogP contribution < -0.4 is 5.73 Å². The number of benzene rings is 1. The van der Waals surface area contributed by atoms with Crippen molar-refractivity contribution in [1.29, 1.82) is 0 Å². The predicted octanol–water partition coefficient (Wildman–Crippen LogP) is 2.60. The molecule has 0 unspecified atom stereocenters. The van der Waals surface area contributed by atoms with Gasteiger partial charge in [-0.25, -0.2) is 4.98 Å². The fourth-order valence-electron chi connectivity index (χ4n) is 1.98. The molecule has 1 aromatic heterocycles. The summed E-state index contributed by atoms with van der Waals surface area (Å²) >= 11 is 0. The fourth-order valence-corrected chi connectivity index (χ4v) is 1.98. The highest BCUT2D eigenvalue weighted by Gasteiger charge is 2.07. The number of aromatic nitrogens is 2. The number of nitrogens with zero attached hydrogens (tertiary/aromatic N) is 2. The lowest BCUT2D eigenvalue weighted by atomic mass is 10.1. The van der Waals surface area contributed by atoms with Crippen molar-refractivity contribution in [2.24, 2.45) is 5.73 Å². The Labute approximate surface area is 102 Å². The van der Waals surface area contributed by atoms with Crippen molar-refractivity contribution < 1.29 is 0 Å². The summed E-state index contributed by atoms with van der Waals surface area (Å²) in [7, 11) is 0. The second-order valence-corrected chi connectivity index (χ2v) is 4.25. The van der Waals surface area contributed by atoms with Crippen LogP contribution in [-0.2, 0) is 6.54 Å². The molecule has 1 aromatic carbocycles. The quantitative estimate of drug-likeness (QED) is 0.801. The van der Waals surface area contributed by atoms with Gasteiger partial charge in [0.05, 0.1) is 0 Å². The molecule has 0 aliphatic carbocycles. The Balaban J connectivity index is 2.22. The van der Waals surface area contributed by atoms with E-state index in [0.717, 1.165) is 31.8 Å². The van der Waals surface area contributed by atoms with Crippen molar-refractivity contribution in [3.05, 3.63) is 42.2 Å². The predicted molar refractivity (Wildman–Crippen MR) is 70.7 cm³/mol.